The van der Waals surface area contributed by atoms with E-state index in [4.69, 9.17) is 0 Å². The average molecular weight is 166 g/mol. The lowest BCUT2D eigenvalue weighted by Gasteiger charge is -1.98. The van der Waals surface area contributed by atoms with Crippen LogP contribution in [0, 0.1) is 0 Å². The Bertz CT molecular complexity index is 181. The SMILES string of the molecule is CPCCCc1ccccc1. The molecule has 0 aliphatic rings. The summed E-state index contributed by atoms with van der Waals surface area (Å²) in [6.07, 6.45) is 3.98. The Hall–Kier alpha value is -0.350. The minimum atomic E-state index is 1.11. The molecule has 1 atom stereocenters. The van der Waals surface area contributed by atoms with Gasteiger partial charge in [-0.05, 0) is 31.2 Å². The second kappa shape index (κ2) is 5.32. The summed E-state index contributed by atoms with van der Waals surface area (Å²) in [6, 6.07) is 10.7. The van der Waals surface area contributed by atoms with Crippen LogP contribution in [0.2, 0.25) is 0 Å². The van der Waals surface area contributed by atoms with Gasteiger partial charge >= 0.3 is 0 Å². The van der Waals surface area contributed by atoms with Crippen LogP contribution in [0.1, 0.15) is 12.0 Å². The highest BCUT2D eigenvalue weighted by atomic mass is 31.1. The van der Waals surface area contributed by atoms with E-state index >= 15 is 0 Å². The van der Waals surface area contributed by atoms with E-state index in [1.54, 1.807) is 0 Å². The summed E-state index contributed by atoms with van der Waals surface area (Å²) >= 11 is 0. The third kappa shape index (κ3) is 3.53. The molecule has 0 N–H and O–H groups in total. The largest absolute Gasteiger partial charge is 0.125 e. The van der Waals surface area contributed by atoms with Crippen LogP contribution >= 0.6 is 8.58 Å². The van der Waals surface area contributed by atoms with Gasteiger partial charge in [-0.25, -0.2) is 0 Å². The summed E-state index contributed by atoms with van der Waals surface area (Å²) in [7, 11) is 1.11. The quantitative estimate of drug-likeness (QED) is 0.476. The van der Waals surface area contributed by atoms with Gasteiger partial charge in [0.25, 0.3) is 0 Å². The van der Waals surface area contributed by atoms with Crippen molar-refractivity contribution in [2.24, 2.45) is 0 Å². The zero-order valence-corrected chi connectivity index (χ0v) is 8.01. The zero-order chi connectivity index (χ0) is 7.94. The number of benzene rings is 1. The molecule has 0 amide bonds. The molecule has 0 fully saturated rings. The third-order valence-corrected chi connectivity index (χ3v) is 2.59. The van der Waals surface area contributed by atoms with E-state index in [0.29, 0.717) is 0 Å². The van der Waals surface area contributed by atoms with E-state index in [-0.39, 0.29) is 0 Å². The highest BCUT2D eigenvalue weighted by Gasteiger charge is 1.89. The molecule has 0 aromatic heterocycles. The lowest BCUT2D eigenvalue weighted by atomic mass is 10.1. The summed E-state index contributed by atoms with van der Waals surface area (Å²) in [4.78, 5) is 0. The van der Waals surface area contributed by atoms with Gasteiger partial charge in [0.05, 0.1) is 0 Å². The fourth-order valence-corrected chi connectivity index (χ4v) is 1.64. The van der Waals surface area contributed by atoms with Crippen molar-refractivity contribution >= 4 is 8.58 Å². The molecule has 1 unspecified atom stereocenters. The molecule has 0 radical (unpaired) electrons. The van der Waals surface area contributed by atoms with E-state index in [9.17, 15) is 0 Å². The smallest absolute Gasteiger partial charge is 0.0276 e. The molecule has 0 heterocycles. The molecule has 60 valence electrons. The predicted molar refractivity (Wildman–Crippen MR) is 53.9 cm³/mol. The Kier molecular flexibility index (Phi) is 4.23. The van der Waals surface area contributed by atoms with Crippen molar-refractivity contribution in [1.82, 2.24) is 0 Å². The van der Waals surface area contributed by atoms with Crippen molar-refractivity contribution in [1.29, 1.82) is 0 Å². The van der Waals surface area contributed by atoms with Crippen LogP contribution in [0.5, 0.6) is 0 Å². The molecule has 1 aromatic carbocycles. The Morgan fingerprint density at radius 3 is 2.55 bits per heavy atom. The second-order valence-electron chi connectivity index (χ2n) is 2.69. The van der Waals surface area contributed by atoms with Crippen LogP contribution in [0.15, 0.2) is 30.3 Å². The molecule has 0 bridgehead atoms. The standard InChI is InChI=1S/C10H15P/c1-11-9-5-8-10-6-3-2-4-7-10/h2-4,6-7,11H,5,8-9H2,1H3. The van der Waals surface area contributed by atoms with Crippen LogP contribution < -0.4 is 0 Å². The summed E-state index contributed by atoms with van der Waals surface area (Å²) in [6.45, 7) is 2.27. The first-order valence-corrected chi connectivity index (χ1v) is 5.82. The topological polar surface area (TPSA) is 0 Å². The van der Waals surface area contributed by atoms with Gasteiger partial charge < -0.3 is 0 Å². The number of rotatable bonds is 4. The molecule has 0 aliphatic heterocycles. The Labute approximate surface area is 70.8 Å². The molecule has 1 aromatic rings. The average Bonchev–Trinajstić information content (AvgIpc) is 2.07. The summed E-state index contributed by atoms with van der Waals surface area (Å²) in [5.74, 6) is 0. The van der Waals surface area contributed by atoms with Gasteiger partial charge in [-0.2, -0.15) is 0 Å². The minimum absolute atomic E-state index is 1.11. The molecule has 0 nitrogen and oxygen atoms in total. The van der Waals surface area contributed by atoms with Gasteiger partial charge in [0.15, 0.2) is 0 Å². The van der Waals surface area contributed by atoms with Crippen LogP contribution in [0.4, 0.5) is 0 Å². The van der Waals surface area contributed by atoms with E-state index < -0.39 is 0 Å². The fourth-order valence-electron chi connectivity index (χ4n) is 1.11. The van der Waals surface area contributed by atoms with Gasteiger partial charge in [-0.3, -0.25) is 0 Å². The van der Waals surface area contributed by atoms with Crippen molar-refractivity contribution in [2.45, 2.75) is 12.8 Å². The van der Waals surface area contributed by atoms with Gasteiger partial charge in [-0.1, -0.05) is 30.3 Å². The molecular formula is C10H15P. The lowest BCUT2D eigenvalue weighted by Crippen LogP contribution is -1.85. The van der Waals surface area contributed by atoms with Crippen LogP contribution in [-0.4, -0.2) is 12.8 Å². The Morgan fingerprint density at radius 1 is 1.18 bits per heavy atom. The van der Waals surface area contributed by atoms with Crippen molar-refractivity contribution in [3.8, 4) is 0 Å². The van der Waals surface area contributed by atoms with Gasteiger partial charge in [0.2, 0.25) is 0 Å². The van der Waals surface area contributed by atoms with Crippen molar-refractivity contribution in [3.63, 3.8) is 0 Å². The molecule has 0 saturated heterocycles. The maximum atomic E-state index is 2.27. The van der Waals surface area contributed by atoms with Crippen molar-refractivity contribution in [3.05, 3.63) is 35.9 Å². The third-order valence-electron chi connectivity index (χ3n) is 1.74. The van der Waals surface area contributed by atoms with Gasteiger partial charge in [0.1, 0.15) is 0 Å². The maximum Gasteiger partial charge on any atom is -0.0276 e. The predicted octanol–water partition coefficient (Wildman–Crippen LogP) is 2.93. The zero-order valence-electron chi connectivity index (χ0n) is 7.01. The Balaban J connectivity index is 2.28. The maximum absolute atomic E-state index is 2.27. The minimum Gasteiger partial charge on any atom is -0.125 e. The van der Waals surface area contributed by atoms with Gasteiger partial charge in [0, 0.05) is 0 Å². The molecule has 0 spiro atoms. The van der Waals surface area contributed by atoms with E-state index in [1.165, 1.54) is 24.6 Å². The van der Waals surface area contributed by atoms with E-state index in [1.807, 2.05) is 0 Å². The van der Waals surface area contributed by atoms with Crippen molar-refractivity contribution in [2.75, 3.05) is 12.8 Å². The van der Waals surface area contributed by atoms with Crippen LogP contribution in [0.25, 0.3) is 0 Å². The van der Waals surface area contributed by atoms with Crippen molar-refractivity contribution < 1.29 is 0 Å². The molecule has 0 saturated carbocycles. The first-order chi connectivity index (χ1) is 5.43. The molecule has 11 heavy (non-hydrogen) atoms. The number of hydrogen-bond acceptors (Lipinski definition) is 0. The summed E-state index contributed by atoms with van der Waals surface area (Å²) in [5.41, 5.74) is 1.48. The second-order valence-corrected chi connectivity index (χ2v) is 3.90. The summed E-state index contributed by atoms with van der Waals surface area (Å²) < 4.78 is 0. The first kappa shape index (κ1) is 8.74. The molecular weight excluding hydrogens is 151 g/mol. The Morgan fingerprint density at radius 2 is 1.91 bits per heavy atom. The fraction of sp³-hybridized carbons (Fsp3) is 0.400. The van der Waals surface area contributed by atoms with E-state index in [2.05, 4.69) is 37.0 Å². The molecule has 1 rings (SSSR count). The van der Waals surface area contributed by atoms with E-state index in [0.717, 1.165) is 8.58 Å². The molecule has 1 heteroatoms. The lowest BCUT2D eigenvalue weighted by molar-refractivity contribution is 0.932. The normalized spacial score (nSPS) is 11.0. The highest BCUT2D eigenvalue weighted by Crippen LogP contribution is 2.08. The van der Waals surface area contributed by atoms with Crippen LogP contribution in [-0.2, 0) is 6.42 Å². The highest BCUT2D eigenvalue weighted by molar-refractivity contribution is 7.36. The number of aryl methyl sites for hydroxylation is 1. The molecule has 0 aliphatic carbocycles. The monoisotopic (exact) mass is 166 g/mol. The summed E-state index contributed by atoms with van der Waals surface area (Å²) in [5, 5.41) is 0. The van der Waals surface area contributed by atoms with Crippen LogP contribution in [0.3, 0.4) is 0 Å². The van der Waals surface area contributed by atoms with Gasteiger partial charge in [-0.15, -0.1) is 8.58 Å². The number of hydrogen-bond donors (Lipinski definition) is 0. The first-order valence-electron chi connectivity index (χ1n) is 4.12.